The maximum absolute atomic E-state index is 5.32. The monoisotopic (exact) mass is 208 g/mol. The number of hydrogen-bond donors (Lipinski definition) is 1. The van der Waals surface area contributed by atoms with Gasteiger partial charge < -0.3 is 10.1 Å². The molecule has 1 rings (SSSR count). The van der Waals surface area contributed by atoms with Gasteiger partial charge in [-0.25, -0.2) is 0 Å². The molecule has 3 heteroatoms. The van der Waals surface area contributed by atoms with E-state index in [0.29, 0.717) is 0 Å². The molecule has 0 aliphatic heterocycles. The number of nitrogens with one attached hydrogen (secondary N) is 1. The van der Waals surface area contributed by atoms with Crippen LogP contribution in [0, 0.1) is 5.41 Å². The van der Waals surface area contributed by atoms with Crippen molar-refractivity contribution in [2.45, 2.75) is 26.8 Å². The van der Waals surface area contributed by atoms with Crippen molar-refractivity contribution in [3.05, 3.63) is 24.0 Å². The lowest BCUT2D eigenvalue weighted by molar-refractivity contribution is 0.277. The van der Waals surface area contributed by atoms with E-state index in [9.17, 15) is 0 Å². The number of aromatic nitrogens is 1. The van der Waals surface area contributed by atoms with Gasteiger partial charge in [-0.15, -0.1) is 0 Å². The lowest BCUT2D eigenvalue weighted by Crippen LogP contribution is -2.30. The minimum Gasteiger partial charge on any atom is -0.495 e. The fourth-order valence-electron chi connectivity index (χ4n) is 1.85. The van der Waals surface area contributed by atoms with E-state index in [4.69, 9.17) is 4.74 Å². The van der Waals surface area contributed by atoms with E-state index in [1.165, 1.54) is 0 Å². The first-order valence-corrected chi connectivity index (χ1v) is 5.16. The number of nitrogens with zero attached hydrogens (tertiary/aromatic N) is 1. The van der Waals surface area contributed by atoms with Crippen molar-refractivity contribution >= 4 is 0 Å². The van der Waals surface area contributed by atoms with Gasteiger partial charge in [0.25, 0.3) is 0 Å². The Hall–Kier alpha value is -1.09. The fourth-order valence-corrected chi connectivity index (χ4v) is 1.85. The molecule has 0 aliphatic carbocycles. The fraction of sp³-hybridized carbons (Fsp3) is 0.583. The summed E-state index contributed by atoms with van der Waals surface area (Å²) in [6.45, 7) is 6.61. The first-order valence-electron chi connectivity index (χ1n) is 5.16. The largest absolute Gasteiger partial charge is 0.495 e. The third-order valence-corrected chi connectivity index (χ3v) is 2.50. The molecule has 84 valence electrons. The molecule has 0 radical (unpaired) electrons. The smallest absolute Gasteiger partial charge is 0.141 e. The van der Waals surface area contributed by atoms with Crippen LogP contribution in [-0.2, 0) is 0 Å². The second kappa shape index (κ2) is 4.62. The maximum atomic E-state index is 5.32. The predicted octanol–water partition coefficient (Wildman–Crippen LogP) is 2.40. The highest BCUT2D eigenvalue weighted by atomic mass is 16.5. The molecular formula is C12H20N2O. The molecule has 1 aromatic rings. The molecule has 0 bridgehead atoms. The van der Waals surface area contributed by atoms with Crippen LogP contribution >= 0.6 is 0 Å². The number of hydrogen-bond acceptors (Lipinski definition) is 3. The second-order valence-corrected chi connectivity index (χ2v) is 4.71. The van der Waals surface area contributed by atoms with Gasteiger partial charge >= 0.3 is 0 Å². The SMILES string of the molecule is CNC(c1ccncc1OC)C(C)(C)C. The lowest BCUT2D eigenvalue weighted by atomic mass is 9.82. The minimum absolute atomic E-state index is 0.142. The topological polar surface area (TPSA) is 34.2 Å². The zero-order chi connectivity index (χ0) is 11.5. The van der Waals surface area contributed by atoms with E-state index in [1.54, 1.807) is 19.5 Å². The van der Waals surface area contributed by atoms with Crippen LogP contribution in [0.5, 0.6) is 5.75 Å². The Morgan fingerprint density at radius 2 is 2.07 bits per heavy atom. The summed E-state index contributed by atoms with van der Waals surface area (Å²) in [5, 5.41) is 3.33. The summed E-state index contributed by atoms with van der Waals surface area (Å²) in [4.78, 5) is 4.06. The van der Waals surface area contributed by atoms with Crippen LogP contribution in [-0.4, -0.2) is 19.1 Å². The van der Waals surface area contributed by atoms with Crippen LogP contribution in [0.4, 0.5) is 0 Å². The van der Waals surface area contributed by atoms with Crippen LogP contribution in [0.3, 0.4) is 0 Å². The molecule has 15 heavy (non-hydrogen) atoms. The zero-order valence-electron chi connectivity index (χ0n) is 10.2. The quantitative estimate of drug-likeness (QED) is 0.828. The summed E-state index contributed by atoms with van der Waals surface area (Å²) in [5.41, 5.74) is 1.30. The Balaban J connectivity index is 3.12. The van der Waals surface area contributed by atoms with Crippen molar-refractivity contribution in [1.82, 2.24) is 10.3 Å². The highest BCUT2D eigenvalue weighted by molar-refractivity contribution is 5.33. The molecule has 0 spiro atoms. The Morgan fingerprint density at radius 3 is 2.53 bits per heavy atom. The van der Waals surface area contributed by atoms with Crippen LogP contribution in [0.15, 0.2) is 18.5 Å². The summed E-state index contributed by atoms with van der Waals surface area (Å²) in [6.07, 6.45) is 3.55. The minimum atomic E-state index is 0.142. The molecule has 1 N–H and O–H groups in total. The van der Waals surface area contributed by atoms with Gasteiger partial charge in [-0.3, -0.25) is 4.98 Å². The Bertz CT molecular complexity index is 318. The highest BCUT2D eigenvalue weighted by Crippen LogP contribution is 2.36. The Morgan fingerprint density at radius 1 is 1.40 bits per heavy atom. The molecule has 0 amide bonds. The van der Waals surface area contributed by atoms with E-state index in [2.05, 4.69) is 31.1 Å². The summed E-state index contributed by atoms with van der Waals surface area (Å²) in [7, 11) is 3.64. The van der Waals surface area contributed by atoms with Gasteiger partial charge in [0.2, 0.25) is 0 Å². The molecule has 0 fully saturated rings. The van der Waals surface area contributed by atoms with Crippen molar-refractivity contribution in [1.29, 1.82) is 0 Å². The standard InChI is InChI=1S/C12H20N2O/c1-12(2,3)11(13-4)9-6-7-14-8-10(9)15-5/h6-8,11,13H,1-5H3. The molecule has 3 nitrogen and oxygen atoms in total. The molecule has 1 heterocycles. The average molecular weight is 208 g/mol. The third kappa shape index (κ3) is 2.69. The van der Waals surface area contributed by atoms with Crippen LogP contribution in [0.2, 0.25) is 0 Å². The molecule has 1 unspecified atom stereocenters. The highest BCUT2D eigenvalue weighted by Gasteiger charge is 2.26. The van der Waals surface area contributed by atoms with E-state index in [1.807, 2.05) is 13.1 Å². The van der Waals surface area contributed by atoms with Crippen LogP contribution in [0.25, 0.3) is 0 Å². The van der Waals surface area contributed by atoms with Gasteiger partial charge in [-0.2, -0.15) is 0 Å². The normalized spacial score (nSPS) is 13.7. The molecule has 0 aromatic carbocycles. The Labute approximate surface area is 91.9 Å². The molecule has 0 aliphatic rings. The van der Waals surface area contributed by atoms with Crippen LogP contribution < -0.4 is 10.1 Å². The first kappa shape index (κ1) is 12.0. The number of pyridine rings is 1. The van der Waals surface area contributed by atoms with Crippen molar-refractivity contribution in [3.8, 4) is 5.75 Å². The van der Waals surface area contributed by atoms with Gasteiger partial charge in [0.05, 0.1) is 13.3 Å². The number of ether oxygens (including phenoxy) is 1. The van der Waals surface area contributed by atoms with E-state index < -0.39 is 0 Å². The summed E-state index contributed by atoms with van der Waals surface area (Å²) in [5.74, 6) is 0.840. The van der Waals surface area contributed by atoms with E-state index in [-0.39, 0.29) is 11.5 Å². The van der Waals surface area contributed by atoms with Crippen molar-refractivity contribution < 1.29 is 4.74 Å². The number of rotatable bonds is 3. The summed E-state index contributed by atoms with van der Waals surface area (Å²) in [6, 6.07) is 2.26. The average Bonchev–Trinajstić information content (AvgIpc) is 2.17. The van der Waals surface area contributed by atoms with Crippen molar-refractivity contribution in [2.24, 2.45) is 5.41 Å². The third-order valence-electron chi connectivity index (χ3n) is 2.50. The second-order valence-electron chi connectivity index (χ2n) is 4.71. The summed E-state index contributed by atoms with van der Waals surface area (Å²) >= 11 is 0. The van der Waals surface area contributed by atoms with Gasteiger partial charge in [0.15, 0.2) is 0 Å². The van der Waals surface area contributed by atoms with Gasteiger partial charge in [0, 0.05) is 17.8 Å². The zero-order valence-corrected chi connectivity index (χ0v) is 10.2. The molecule has 1 atom stereocenters. The van der Waals surface area contributed by atoms with E-state index >= 15 is 0 Å². The van der Waals surface area contributed by atoms with Gasteiger partial charge in [-0.05, 0) is 18.5 Å². The Kier molecular flexibility index (Phi) is 3.69. The van der Waals surface area contributed by atoms with Gasteiger partial charge in [0.1, 0.15) is 5.75 Å². The maximum Gasteiger partial charge on any atom is 0.141 e. The van der Waals surface area contributed by atoms with Gasteiger partial charge in [-0.1, -0.05) is 20.8 Å². The van der Waals surface area contributed by atoms with Crippen molar-refractivity contribution in [2.75, 3.05) is 14.2 Å². The first-order chi connectivity index (χ1) is 7.00. The molecule has 0 saturated carbocycles. The molecular weight excluding hydrogens is 188 g/mol. The molecule has 0 saturated heterocycles. The summed E-state index contributed by atoms with van der Waals surface area (Å²) < 4.78 is 5.32. The molecule has 1 aromatic heterocycles. The number of methoxy groups -OCH3 is 1. The lowest BCUT2D eigenvalue weighted by Gasteiger charge is -2.31. The predicted molar refractivity (Wildman–Crippen MR) is 62.0 cm³/mol. The van der Waals surface area contributed by atoms with E-state index in [0.717, 1.165) is 11.3 Å². The van der Waals surface area contributed by atoms with Crippen LogP contribution in [0.1, 0.15) is 32.4 Å². The van der Waals surface area contributed by atoms with Crippen molar-refractivity contribution in [3.63, 3.8) is 0 Å².